The van der Waals surface area contributed by atoms with Gasteiger partial charge in [0.05, 0.1) is 12.9 Å². The van der Waals surface area contributed by atoms with Gasteiger partial charge in [0.2, 0.25) is 5.91 Å². The Hall–Kier alpha value is -3.60. The van der Waals surface area contributed by atoms with Crippen molar-refractivity contribution in [2.24, 2.45) is 0 Å². The highest BCUT2D eigenvalue weighted by molar-refractivity contribution is 7.99. The third-order valence-corrected chi connectivity index (χ3v) is 8.79. The minimum Gasteiger partial charge on any atom is -0.486 e. The van der Waals surface area contributed by atoms with Crippen LogP contribution in [0.3, 0.4) is 0 Å². The van der Waals surface area contributed by atoms with Crippen LogP contribution in [0.5, 0.6) is 5.75 Å². The second-order valence-electron chi connectivity index (χ2n) is 9.46. The van der Waals surface area contributed by atoms with Crippen LogP contribution in [0.25, 0.3) is 11.1 Å². The third kappa shape index (κ3) is 7.01. The third-order valence-electron chi connectivity index (χ3n) is 6.33. The van der Waals surface area contributed by atoms with E-state index < -0.39 is 5.97 Å². The van der Waals surface area contributed by atoms with Crippen molar-refractivity contribution in [3.05, 3.63) is 87.0 Å². The Morgan fingerprint density at radius 3 is 2.51 bits per heavy atom. The fourth-order valence-corrected chi connectivity index (χ4v) is 6.09. The lowest BCUT2D eigenvalue weighted by molar-refractivity contribution is -0.113. The van der Waals surface area contributed by atoms with Crippen LogP contribution >= 0.6 is 34.7 Å². The first kappa shape index (κ1) is 30.4. The maximum atomic E-state index is 13.0. The van der Waals surface area contributed by atoms with E-state index in [9.17, 15) is 9.59 Å². The van der Waals surface area contributed by atoms with Crippen molar-refractivity contribution in [1.29, 1.82) is 0 Å². The average molecular weight is 611 g/mol. The number of aromatic nitrogens is 3. The maximum absolute atomic E-state index is 13.0. The number of benzene rings is 2. The summed E-state index contributed by atoms with van der Waals surface area (Å²) in [4.78, 5) is 25.8. The van der Waals surface area contributed by atoms with Crippen molar-refractivity contribution < 1.29 is 19.1 Å². The normalized spacial score (nSPS) is 10.9. The van der Waals surface area contributed by atoms with E-state index in [2.05, 4.69) is 22.1 Å². The molecule has 2 aromatic carbocycles. The van der Waals surface area contributed by atoms with Gasteiger partial charge in [-0.25, -0.2) is 4.79 Å². The predicted octanol–water partition coefficient (Wildman–Crippen LogP) is 7.18. The molecule has 4 rings (SSSR count). The van der Waals surface area contributed by atoms with Crippen LogP contribution in [0, 0.1) is 27.7 Å². The van der Waals surface area contributed by atoms with E-state index in [-0.39, 0.29) is 18.3 Å². The van der Waals surface area contributed by atoms with Crippen LogP contribution in [0.1, 0.15) is 38.4 Å². The summed E-state index contributed by atoms with van der Waals surface area (Å²) in [7, 11) is 1.33. The number of halogens is 1. The van der Waals surface area contributed by atoms with Crippen LogP contribution in [-0.2, 0) is 22.7 Å². The number of esters is 1. The Labute approximate surface area is 252 Å². The number of hydrogen-bond donors (Lipinski definition) is 1. The number of nitrogens with one attached hydrogen (secondary N) is 1. The van der Waals surface area contributed by atoms with Crippen molar-refractivity contribution in [1.82, 2.24) is 14.8 Å². The number of thiophene rings is 1. The van der Waals surface area contributed by atoms with Gasteiger partial charge in [-0.15, -0.1) is 28.1 Å². The van der Waals surface area contributed by atoms with Crippen molar-refractivity contribution in [2.45, 2.75) is 46.0 Å². The van der Waals surface area contributed by atoms with Gasteiger partial charge in [0.1, 0.15) is 22.9 Å². The summed E-state index contributed by atoms with van der Waals surface area (Å²) >= 11 is 8.79. The van der Waals surface area contributed by atoms with Gasteiger partial charge in [-0.3, -0.25) is 9.36 Å². The Kier molecular flexibility index (Phi) is 9.90. The Morgan fingerprint density at radius 1 is 1.10 bits per heavy atom. The average Bonchev–Trinajstić information content (AvgIpc) is 3.54. The van der Waals surface area contributed by atoms with Crippen LogP contribution in [0.4, 0.5) is 5.00 Å². The Morgan fingerprint density at radius 2 is 1.83 bits per heavy atom. The molecule has 2 aromatic heterocycles. The zero-order chi connectivity index (χ0) is 29.7. The second-order valence-corrected chi connectivity index (χ2v) is 11.7. The van der Waals surface area contributed by atoms with E-state index in [4.69, 9.17) is 21.1 Å². The van der Waals surface area contributed by atoms with Gasteiger partial charge in [0.25, 0.3) is 0 Å². The molecule has 11 heteroatoms. The first-order valence-electron chi connectivity index (χ1n) is 12.8. The van der Waals surface area contributed by atoms with Crippen LogP contribution in [-0.4, -0.2) is 39.5 Å². The minimum absolute atomic E-state index is 0.0586. The number of carbonyl (C=O) groups excluding carboxylic acids is 2. The zero-order valence-corrected chi connectivity index (χ0v) is 25.9. The van der Waals surface area contributed by atoms with Crippen LogP contribution in [0.15, 0.2) is 53.5 Å². The van der Waals surface area contributed by atoms with Gasteiger partial charge in [-0.1, -0.05) is 53.2 Å². The molecule has 0 aliphatic rings. The molecule has 0 unspecified atom stereocenters. The number of hydrogen-bond acceptors (Lipinski definition) is 8. The molecule has 1 N–H and O–H groups in total. The molecule has 0 saturated carbocycles. The first-order chi connectivity index (χ1) is 19.6. The lowest BCUT2D eigenvalue weighted by Crippen LogP contribution is -2.16. The Bertz CT molecular complexity index is 1590. The number of amides is 1. The fourth-order valence-electron chi connectivity index (χ4n) is 4.25. The highest BCUT2D eigenvalue weighted by Crippen LogP contribution is 2.38. The van der Waals surface area contributed by atoms with Gasteiger partial charge in [0, 0.05) is 22.5 Å². The van der Waals surface area contributed by atoms with E-state index in [1.54, 1.807) is 6.08 Å². The molecule has 1 amide bonds. The standard InChI is InChI=1S/C30H31ClN4O4S2/c1-7-10-35-24(14-39-21-12-19(4)27(31)20(5)13-21)33-34-30(35)41-16-25(36)32-28-26(29(37)38-6)23(15-40-28)22-11-17(2)8-9-18(22)3/h7-9,11-13,15H,1,10,14,16H2,2-6H3,(H,32,36). The van der Waals surface area contributed by atoms with E-state index in [0.717, 1.165) is 33.4 Å². The zero-order valence-electron chi connectivity index (χ0n) is 23.5. The molecule has 2 heterocycles. The number of anilines is 1. The summed E-state index contributed by atoms with van der Waals surface area (Å²) in [6, 6.07) is 9.80. The van der Waals surface area contributed by atoms with E-state index >= 15 is 0 Å². The molecular weight excluding hydrogens is 580 g/mol. The highest BCUT2D eigenvalue weighted by atomic mass is 35.5. The molecule has 8 nitrogen and oxygen atoms in total. The van der Waals surface area contributed by atoms with Crippen molar-refractivity contribution in [3.8, 4) is 16.9 Å². The fraction of sp³-hybridized carbons (Fsp3) is 0.267. The number of ether oxygens (including phenoxy) is 2. The number of methoxy groups -OCH3 is 1. The topological polar surface area (TPSA) is 95.3 Å². The molecule has 0 aliphatic heterocycles. The molecule has 4 aromatic rings. The molecule has 0 atom stereocenters. The van der Waals surface area contributed by atoms with Crippen molar-refractivity contribution in [3.63, 3.8) is 0 Å². The Balaban J connectivity index is 1.47. The molecular formula is C30H31ClN4O4S2. The number of thioether (sulfide) groups is 1. The summed E-state index contributed by atoms with van der Waals surface area (Å²) in [5.74, 6) is 0.550. The quantitative estimate of drug-likeness (QED) is 0.109. The number of aryl methyl sites for hydroxylation is 4. The summed E-state index contributed by atoms with van der Waals surface area (Å²) in [5, 5.41) is 15.0. The van der Waals surface area contributed by atoms with Gasteiger partial charge in [0.15, 0.2) is 11.0 Å². The maximum Gasteiger partial charge on any atom is 0.341 e. The number of rotatable bonds is 11. The summed E-state index contributed by atoms with van der Waals surface area (Å²) in [6.07, 6.45) is 1.73. The summed E-state index contributed by atoms with van der Waals surface area (Å²) in [6.45, 7) is 12.3. The molecule has 41 heavy (non-hydrogen) atoms. The SMILES string of the molecule is C=CCn1c(COc2cc(C)c(Cl)c(C)c2)nnc1SCC(=O)Nc1scc(-c2cc(C)ccc2C)c1C(=O)OC. The van der Waals surface area contributed by atoms with Crippen molar-refractivity contribution >= 4 is 51.6 Å². The van der Waals surface area contributed by atoms with Gasteiger partial charge in [-0.05, 0) is 62.1 Å². The van der Waals surface area contributed by atoms with E-state index in [0.29, 0.717) is 38.9 Å². The molecule has 0 fully saturated rings. The smallest absolute Gasteiger partial charge is 0.341 e. The number of nitrogens with zero attached hydrogens (tertiary/aromatic N) is 3. The number of allylic oxidation sites excluding steroid dienone is 1. The van der Waals surface area contributed by atoms with Gasteiger partial charge < -0.3 is 14.8 Å². The number of carbonyl (C=O) groups is 2. The molecule has 0 spiro atoms. The molecule has 0 radical (unpaired) electrons. The molecule has 0 aliphatic carbocycles. The summed E-state index contributed by atoms with van der Waals surface area (Å²) in [5.41, 5.74) is 5.94. The highest BCUT2D eigenvalue weighted by Gasteiger charge is 2.24. The largest absolute Gasteiger partial charge is 0.486 e. The van der Waals surface area contributed by atoms with E-state index in [1.165, 1.54) is 30.2 Å². The predicted molar refractivity (Wildman–Crippen MR) is 165 cm³/mol. The second kappa shape index (κ2) is 13.4. The molecule has 0 saturated heterocycles. The summed E-state index contributed by atoms with van der Waals surface area (Å²) < 4.78 is 12.9. The monoisotopic (exact) mass is 610 g/mol. The van der Waals surface area contributed by atoms with Gasteiger partial charge >= 0.3 is 5.97 Å². The van der Waals surface area contributed by atoms with Crippen LogP contribution < -0.4 is 10.1 Å². The van der Waals surface area contributed by atoms with Crippen molar-refractivity contribution in [2.75, 3.05) is 18.2 Å². The lowest BCUT2D eigenvalue weighted by Gasteiger charge is -2.11. The minimum atomic E-state index is -0.508. The lowest BCUT2D eigenvalue weighted by atomic mass is 9.97. The van der Waals surface area contributed by atoms with E-state index in [1.807, 2.05) is 68.0 Å². The first-order valence-corrected chi connectivity index (χ1v) is 15.0. The molecule has 214 valence electrons. The molecule has 0 bridgehead atoms. The van der Waals surface area contributed by atoms with Crippen LogP contribution in [0.2, 0.25) is 5.02 Å². The van der Waals surface area contributed by atoms with Gasteiger partial charge in [-0.2, -0.15) is 0 Å².